The highest BCUT2D eigenvalue weighted by Crippen LogP contribution is 2.40. The van der Waals surface area contributed by atoms with Crippen LogP contribution in [-0.2, 0) is 6.42 Å². The third-order valence-corrected chi connectivity index (χ3v) is 7.03. The van der Waals surface area contributed by atoms with E-state index in [1.165, 1.54) is 5.56 Å². The quantitative estimate of drug-likeness (QED) is 0.584. The summed E-state index contributed by atoms with van der Waals surface area (Å²) < 4.78 is 6.54. The average molecular weight is 442 g/mol. The Hall–Kier alpha value is -3.31. The number of nitrogens with one attached hydrogen (secondary N) is 1. The predicted molar refractivity (Wildman–Crippen MR) is 133 cm³/mol. The fourth-order valence-corrected chi connectivity index (χ4v) is 4.83. The number of benzene rings is 3. The minimum atomic E-state index is -0.129. The second kappa shape index (κ2) is 8.91. The Kier molecular flexibility index (Phi) is 5.81. The van der Waals surface area contributed by atoms with Crippen molar-refractivity contribution in [3.63, 3.8) is 0 Å². The van der Waals surface area contributed by atoms with Gasteiger partial charge in [-0.2, -0.15) is 0 Å². The minimum absolute atomic E-state index is 0.0168. The number of piperidine rings is 1. The molecule has 0 aliphatic carbocycles. The van der Waals surface area contributed by atoms with Crippen LogP contribution in [0.2, 0.25) is 0 Å². The molecule has 3 aromatic carbocycles. The number of amides is 1. The molecule has 2 heterocycles. The number of ether oxygens (including phenoxy) is 1. The topological polar surface area (TPSA) is 44.8 Å². The van der Waals surface area contributed by atoms with Gasteiger partial charge >= 0.3 is 0 Å². The summed E-state index contributed by atoms with van der Waals surface area (Å²) in [6, 6.07) is 24.1. The van der Waals surface area contributed by atoms with Gasteiger partial charge in [-0.25, -0.2) is 0 Å². The molecule has 33 heavy (non-hydrogen) atoms. The predicted octanol–water partition coefficient (Wildman–Crippen LogP) is 4.92. The van der Waals surface area contributed by atoms with Crippen LogP contribution in [0.25, 0.3) is 11.1 Å². The molecule has 5 nitrogen and oxygen atoms in total. The molecule has 1 amide bonds. The maximum atomic E-state index is 12.7. The number of carbonyl (C=O) groups is 1. The van der Waals surface area contributed by atoms with Crippen LogP contribution in [0, 0.1) is 0 Å². The summed E-state index contributed by atoms with van der Waals surface area (Å²) >= 11 is 0. The Morgan fingerprint density at radius 2 is 1.64 bits per heavy atom. The van der Waals surface area contributed by atoms with Crippen LogP contribution in [0.15, 0.2) is 72.8 Å². The van der Waals surface area contributed by atoms with Gasteiger partial charge in [-0.1, -0.05) is 36.4 Å². The lowest BCUT2D eigenvalue weighted by Crippen LogP contribution is -2.48. The molecule has 0 radical (unpaired) electrons. The fraction of sp³-hybridized carbons (Fsp3) is 0.321. The van der Waals surface area contributed by atoms with E-state index < -0.39 is 0 Å². The summed E-state index contributed by atoms with van der Waals surface area (Å²) in [4.78, 5) is 15.0. The second-order valence-electron chi connectivity index (χ2n) is 9.32. The van der Waals surface area contributed by atoms with Gasteiger partial charge < -0.3 is 9.64 Å². The van der Waals surface area contributed by atoms with Gasteiger partial charge in [0.25, 0.3) is 5.91 Å². The maximum Gasteiger partial charge on any atom is 0.269 e. The Labute approximate surface area is 195 Å². The molecule has 0 aromatic heterocycles. The van der Waals surface area contributed by atoms with E-state index in [0.717, 1.165) is 61.3 Å². The van der Waals surface area contributed by atoms with E-state index in [1.807, 2.05) is 61.6 Å². The zero-order chi connectivity index (χ0) is 22.8. The zero-order valence-electron chi connectivity index (χ0n) is 19.4. The highest BCUT2D eigenvalue weighted by molar-refractivity contribution is 5.95. The van der Waals surface area contributed by atoms with E-state index >= 15 is 0 Å². The Bertz CT molecular complexity index is 1120. The molecule has 2 aliphatic rings. The molecule has 0 bridgehead atoms. The molecule has 1 saturated heterocycles. The van der Waals surface area contributed by atoms with Gasteiger partial charge in [0.15, 0.2) is 0 Å². The van der Waals surface area contributed by atoms with Gasteiger partial charge in [-0.3, -0.25) is 15.2 Å². The number of carbonyl (C=O) groups excluding carboxylic acids is 1. The third kappa shape index (κ3) is 4.60. The molecule has 0 saturated carbocycles. The van der Waals surface area contributed by atoms with Crippen LogP contribution in [-0.4, -0.2) is 43.6 Å². The van der Waals surface area contributed by atoms with Gasteiger partial charge in [-0.05, 0) is 85.8 Å². The summed E-state index contributed by atoms with van der Waals surface area (Å²) in [5.41, 5.74) is 8.04. The average Bonchev–Trinajstić information content (AvgIpc) is 2.86. The number of nitrogens with zero attached hydrogens (tertiary/aromatic N) is 2. The molecular formula is C28H31N3O2. The maximum absolute atomic E-state index is 12.7. The number of hydrazine groups is 1. The zero-order valence-corrected chi connectivity index (χ0v) is 19.4. The Morgan fingerprint density at radius 3 is 2.36 bits per heavy atom. The van der Waals surface area contributed by atoms with Crippen LogP contribution < -0.4 is 15.2 Å². The first-order chi connectivity index (χ1) is 16.0. The van der Waals surface area contributed by atoms with Crippen LogP contribution >= 0.6 is 0 Å². The molecule has 0 atom stereocenters. The van der Waals surface area contributed by atoms with Crippen LogP contribution in [0.4, 0.5) is 5.69 Å². The van der Waals surface area contributed by atoms with E-state index in [1.54, 1.807) is 5.01 Å². The van der Waals surface area contributed by atoms with E-state index in [2.05, 4.69) is 35.6 Å². The lowest BCUT2D eigenvalue weighted by molar-refractivity contribution is -0.00874. The highest BCUT2D eigenvalue weighted by Gasteiger charge is 2.38. The van der Waals surface area contributed by atoms with E-state index in [9.17, 15) is 4.79 Å². The van der Waals surface area contributed by atoms with Crippen molar-refractivity contribution >= 4 is 11.6 Å². The van der Waals surface area contributed by atoms with Crippen molar-refractivity contribution in [3.8, 4) is 16.9 Å². The van der Waals surface area contributed by atoms with Crippen molar-refractivity contribution in [2.24, 2.45) is 0 Å². The molecule has 1 spiro atoms. The summed E-state index contributed by atoms with van der Waals surface area (Å²) in [7, 11) is 4.03. The van der Waals surface area contributed by atoms with E-state index in [4.69, 9.17) is 4.74 Å². The highest BCUT2D eigenvalue weighted by atomic mass is 16.5. The SMILES string of the molecule is CN1CCC2(CCc3cc(-c4ccc(C(=O)NN(C)c5ccccc5)cc4)ccc3O2)CC1. The van der Waals surface area contributed by atoms with Gasteiger partial charge in [-0.15, -0.1) is 0 Å². The number of rotatable bonds is 4. The standard InChI is InChI=1S/C28H31N3O2/c1-30-18-16-28(17-19-30)15-14-24-20-23(12-13-26(24)33-28)21-8-10-22(11-9-21)27(32)29-31(2)25-6-4-3-5-7-25/h3-13,20H,14-19H2,1-2H3,(H,29,32). The molecule has 5 heteroatoms. The number of aryl methyl sites for hydroxylation is 1. The lowest BCUT2D eigenvalue weighted by Gasteiger charge is -2.44. The smallest absolute Gasteiger partial charge is 0.269 e. The van der Waals surface area contributed by atoms with E-state index in [0.29, 0.717) is 5.56 Å². The molecule has 5 rings (SSSR count). The molecule has 1 N–H and O–H groups in total. The Morgan fingerprint density at radius 1 is 0.939 bits per heavy atom. The summed E-state index contributed by atoms with van der Waals surface area (Å²) in [5.74, 6) is 0.907. The molecule has 1 fully saturated rings. The molecular weight excluding hydrogens is 410 g/mol. The molecule has 0 unspecified atom stereocenters. The summed E-state index contributed by atoms with van der Waals surface area (Å²) in [6.07, 6.45) is 4.35. The van der Waals surface area contributed by atoms with Crippen molar-refractivity contribution in [1.82, 2.24) is 10.3 Å². The van der Waals surface area contributed by atoms with Crippen molar-refractivity contribution in [2.45, 2.75) is 31.3 Å². The first kappa shape index (κ1) is 21.5. The Balaban J connectivity index is 1.27. The number of fused-ring (bicyclic) bond motifs is 1. The monoisotopic (exact) mass is 441 g/mol. The molecule has 170 valence electrons. The van der Waals surface area contributed by atoms with Gasteiger partial charge in [0.05, 0.1) is 5.69 Å². The molecule has 3 aromatic rings. The third-order valence-electron chi connectivity index (χ3n) is 7.03. The number of hydrogen-bond acceptors (Lipinski definition) is 4. The molecule has 2 aliphatic heterocycles. The van der Waals surface area contributed by atoms with Crippen LogP contribution in [0.3, 0.4) is 0 Å². The minimum Gasteiger partial charge on any atom is -0.487 e. The van der Waals surface area contributed by atoms with Gasteiger partial charge in [0, 0.05) is 25.7 Å². The largest absolute Gasteiger partial charge is 0.487 e. The van der Waals surface area contributed by atoms with E-state index in [-0.39, 0.29) is 11.5 Å². The van der Waals surface area contributed by atoms with Crippen molar-refractivity contribution < 1.29 is 9.53 Å². The van der Waals surface area contributed by atoms with Gasteiger partial charge in [0.1, 0.15) is 11.4 Å². The number of para-hydroxylation sites is 1. The van der Waals surface area contributed by atoms with Gasteiger partial charge in [0.2, 0.25) is 0 Å². The number of anilines is 1. The fourth-order valence-electron chi connectivity index (χ4n) is 4.83. The first-order valence-electron chi connectivity index (χ1n) is 11.7. The lowest BCUT2D eigenvalue weighted by atomic mass is 9.83. The summed E-state index contributed by atoms with van der Waals surface area (Å²) in [5, 5.41) is 1.73. The van der Waals surface area contributed by atoms with Crippen molar-refractivity contribution in [3.05, 3.63) is 83.9 Å². The van der Waals surface area contributed by atoms with Crippen LogP contribution in [0.5, 0.6) is 5.75 Å². The number of likely N-dealkylation sites (tertiary alicyclic amines) is 1. The van der Waals surface area contributed by atoms with Crippen LogP contribution in [0.1, 0.15) is 35.2 Å². The number of hydrogen-bond donors (Lipinski definition) is 1. The first-order valence-corrected chi connectivity index (χ1v) is 11.7. The van der Waals surface area contributed by atoms with Crippen molar-refractivity contribution in [2.75, 3.05) is 32.2 Å². The van der Waals surface area contributed by atoms with Crippen molar-refractivity contribution in [1.29, 1.82) is 0 Å². The second-order valence-corrected chi connectivity index (χ2v) is 9.32. The normalized spacial score (nSPS) is 17.2. The summed E-state index contributed by atoms with van der Waals surface area (Å²) in [6.45, 7) is 2.21.